The van der Waals surface area contributed by atoms with Crippen molar-refractivity contribution < 1.29 is 24.2 Å². The summed E-state index contributed by atoms with van der Waals surface area (Å²) in [6.45, 7) is 0.993. The fraction of sp³-hybridized carbons (Fsp3) is 0.400. The van der Waals surface area contributed by atoms with Gasteiger partial charge in [0.2, 0.25) is 0 Å². The first-order valence-corrected chi connectivity index (χ1v) is 11.2. The van der Waals surface area contributed by atoms with Crippen LogP contribution in [0.4, 0.5) is 10.5 Å². The molecule has 34 heavy (non-hydrogen) atoms. The number of likely N-dealkylation sites (tertiary alicyclic amines) is 1. The number of carbonyl (C=O) groups is 2. The number of benzene rings is 2. The summed E-state index contributed by atoms with van der Waals surface area (Å²) >= 11 is 0. The number of carboxylic acids is 1. The lowest BCUT2D eigenvalue weighted by Gasteiger charge is -2.42. The van der Waals surface area contributed by atoms with E-state index < -0.39 is 12.0 Å². The van der Waals surface area contributed by atoms with Crippen molar-refractivity contribution in [3.8, 4) is 11.5 Å². The largest absolute Gasteiger partial charge is 0.493 e. The van der Waals surface area contributed by atoms with E-state index in [2.05, 4.69) is 39.9 Å². The van der Waals surface area contributed by atoms with Gasteiger partial charge < -0.3 is 24.8 Å². The molecule has 9 nitrogen and oxygen atoms in total. The Morgan fingerprint density at radius 1 is 1.09 bits per heavy atom. The first-order chi connectivity index (χ1) is 16.4. The standard InChI is InChI=1S/C25H30N4O5/c1-29-13-12-25(17-6-9-20(33-2)21(14-17)34-3)11-10-19(15-22(25)29)27-28-24(32)26-18-7-4-16(5-8-18)23(30)31/h4-9,14,22H,10-13,15H2,1-3H3,(H,30,31)(H2,26,28,32)/b27-19+. The van der Waals surface area contributed by atoms with E-state index in [0.29, 0.717) is 5.69 Å². The van der Waals surface area contributed by atoms with Crippen molar-refractivity contribution in [1.82, 2.24) is 10.3 Å². The predicted octanol–water partition coefficient (Wildman–Crippen LogP) is 3.71. The molecule has 2 amide bonds. The van der Waals surface area contributed by atoms with Gasteiger partial charge in [0.15, 0.2) is 11.5 Å². The van der Waals surface area contributed by atoms with Gasteiger partial charge in [-0.2, -0.15) is 5.10 Å². The van der Waals surface area contributed by atoms with E-state index in [4.69, 9.17) is 14.6 Å². The summed E-state index contributed by atoms with van der Waals surface area (Å²) in [5, 5.41) is 16.0. The van der Waals surface area contributed by atoms with Crippen molar-refractivity contribution in [1.29, 1.82) is 0 Å². The maximum Gasteiger partial charge on any atom is 0.339 e. The van der Waals surface area contributed by atoms with E-state index in [-0.39, 0.29) is 17.0 Å². The summed E-state index contributed by atoms with van der Waals surface area (Å²) in [5.74, 6) is 0.439. The van der Waals surface area contributed by atoms with Crippen molar-refractivity contribution in [2.45, 2.75) is 37.1 Å². The van der Waals surface area contributed by atoms with E-state index in [1.165, 1.54) is 17.7 Å². The average Bonchev–Trinajstić information content (AvgIpc) is 3.19. The number of anilines is 1. The van der Waals surface area contributed by atoms with E-state index in [0.717, 1.165) is 49.4 Å². The number of hydrogen-bond donors (Lipinski definition) is 3. The molecule has 2 aromatic rings. The first-order valence-electron chi connectivity index (χ1n) is 11.2. The van der Waals surface area contributed by atoms with Crippen molar-refractivity contribution in [3.05, 3.63) is 53.6 Å². The molecule has 3 N–H and O–H groups in total. The minimum absolute atomic E-state index is 0.00146. The number of fused-ring (bicyclic) bond motifs is 1. The van der Waals surface area contributed by atoms with Crippen molar-refractivity contribution >= 4 is 23.4 Å². The van der Waals surface area contributed by atoms with Crippen LogP contribution < -0.4 is 20.2 Å². The molecule has 1 heterocycles. The van der Waals surface area contributed by atoms with Crippen LogP contribution >= 0.6 is 0 Å². The molecule has 2 aromatic carbocycles. The van der Waals surface area contributed by atoms with Crippen LogP contribution in [0.1, 0.15) is 41.6 Å². The minimum Gasteiger partial charge on any atom is -0.493 e. The van der Waals surface area contributed by atoms with Gasteiger partial charge in [0, 0.05) is 29.3 Å². The number of ether oxygens (including phenoxy) is 2. The SMILES string of the molecule is COc1ccc(C23CC/C(=N\NC(=O)Nc4ccc(C(=O)O)cc4)CC2N(C)CC3)cc1OC. The third kappa shape index (κ3) is 4.56. The Hall–Kier alpha value is -3.59. The molecule has 2 aliphatic rings. The number of aromatic carboxylic acids is 1. The minimum atomic E-state index is -1.01. The Morgan fingerprint density at radius 3 is 2.50 bits per heavy atom. The van der Waals surface area contributed by atoms with Crippen LogP contribution in [-0.4, -0.2) is 61.6 Å². The molecule has 9 heteroatoms. The lowest BCUT2D eigenvalue weighted by Crippen LogP contribution is -2.46. The highest BCUT2D eigenvalue weighted by molar-refractivity contribution is 5.93. The van der Waals surface area contributed by atoms with Gasteiger partial charge in [-0.15, -0.1) is 0 Å². The number of likely N-dealkylation sites (N-methyl/N-ethyl adjacent to an activating group) is 1. The molecular formula is C25H30N4O5. The average molecular weight is 467 g/mol. The molecule has 1 aliphatic carbocycles. The number of carboxylic acid groups (broad SMARTS) is 1. The second-order valence-corrected chi connectivity index (χ2v) is 8.80. The fourth-order valence-corrected chi connectivity index (χ4v) is 5.17. The number of nitrogens with zero attached hydrogens (tertiary/aromatic N) is 2. The van der Waals surface area contributed by atoms with Crippen LogP contribution in [0.15, 0.2) is 47.6 Å². The molecule has 2 fully saturated rings. The number of urea groups is 1. The second-order valence-electron chi connectivity index (χ2n) is 8.80. The molecule has 2 unspecified atom stereocenters. The predicted molar refractivity (Wildman–Crippen MR) is 129 cm³/mol. The number of methoxy groups -OCH3 is 2. The molecular weight excluding hydrogens is 436 g/mol. The zero-order valence-corrected chi connectivity index (χ0v) is 19.6. The van der Waals surface area contributed by atoms with Gasteiger partial charge in [0.05, 0.1) is 19.8 Å². The van der Waals surface area contributed by atoms with Crippen LogP contribution in [-0.2, 0) is 5.41 Å². The Morgan fingerprint density at radius 2 is 1.82 bits per heavy atom. The summed E-state index contributed by atoms with van der Waals surface area (Å²) in [6.07, 6.45) is 3.53. The van der Waals surface area contributed by atoms with Gasteiger partial charge in [-0.3, -0.25) is 0 Å². The molecule has 2 atom stereocenters. The molecule has 1 aliphatic heterocycles. The summed E-state index contributed by atoms with van der Waals surface area (Å²) in [7, 11) is 5.43. The molecule has 4 rings (SSSR count). The van der Waals surface area contributed by atoms with Crippen molar-refractivity contribution in [2.24, 2.45) is 5.10 Å². The maximum atomic E-state index is 12.3. The second kappa shape index (κ2) is 9.72. The van der Waals surface area contributed by atoms with Crippen LogP contribution in [0.3, 0.4) is 0 Å². The summed E-state index contributed by atoms with van der Waals surface area (Å²) < 4.78 is 11.0. The van der Waals surface area contributed by atoms with Crippen LogP contribution in [0.5, 0.6) is 11.5 Å². The van der Waals surface area contributed by atoms with E-state index in [1.807, 2.05) is 6.07 Å². The van der Waals surface area contributed by atoms with Crippen LogP contribution in [0.25, 0.3) is 0 Å². The van der Waals surface area contributed by atoms with Crippen molar-refractivity contribution in [2.75, 3.05) is 33.1 Å². The highest BCUT2D eigenvalue weighted by Crippen LogP contribution is 2.49. The fourth-order valence-electron chi connectivity index (χ4n) is 5.17. The smallest absolute Gasteiger partial charge is 0.339 e. The van der Waals surface area contributed by atoms with Gasteiger partial charge in [-0.1, -0.05) is 6.07 Å². The Bertz CT molecular complexity index is 1100. The molecule has 180 valence electrons. The van der Waals surface area contributed by atoms with E-state index in [1.54, 1.807) is 26.4 Å². The normalized spacial score (nSPS) is 23.3. The summed E-state index contributed by atoms with van der Waals surface area (Å²) in [6, 6.07) is 12.0. The molecule has 1 saturated heterocycles. The number of hydrazone groups is 1. The summed E-state index contributed by atoms with van der Waals surface area (Å²) in [4.78, 5) is 25.6. The molecule has 0 spiro atoms. The van der Waals surface area contributed by atoms with Gasteiger partial charge >= 0.3 is 12.0 Å². The quantitative estimate of drug-likeness (QED) is 0.560. The lowest BCUT2D eigenvalue weighted by molar-refractivity contribution is 0.0697. The number of nitrogens with one attached hydrogen (secondary N) is 2. The highest BCUT2D eigenvalue weighted by atomic mass is 16.5. The van der Waals surface area contributed by atoms with Gasteiger partial charge in [0.25, 0.3) is 0 Å². The topological polar surface area (TPSA) is 112 Å². The van der Waals surface area contributed by atoms with Gasteiger partial charge in [-0.25, -0.2) is 15.0 Å². The monoisotopic (exact) mass is 466 g/mol. The first kappa shape index (κ1) is 23.6. The van der Waals surface area contributed by atoms with E-state index >= 15 is 0 Å². The number of amides is 2. The van der Waals surface area contributed by atoms with Crippen LogP contribution in [0.2, 0.25) is 0 Å². The Kier molecular flexibility index (Phi) is 6.74. The van der Waals surface area contributed by atoms with Crippen molar-refractivity contribution in [3.63, 3.8) is 0 Å². The molecule has 0 aromatic heterocycles. The third-order valence-corrected chi connectivity index (χ3v) is 7.03. The molecule has 1 saturated carbocycles. The molecule has 0 radical (unpaired) electrons. The zero-order valence-electron chi connectivity index (χ0n) is 19.6. The Labute approximate surface area is 198 Å². The number of carbonyl (C=O) groups excluding carboxylic acids is 1. The Balaban J connectivity index is 1.44. The molecule has 0 bridgehead atoms. The van der Waals surface area contributed by atoms with E-state index in [9.17, 15) is 9.59 Å². The highest BCUT2D eigenvalue weighted by Gasteiger charge is 2.49. The van der Waals surface area contributed by atoms with Crippen LogP contribution in [0, 0.1) is 0 Å². The van der Waals surface area contributed by atoms with Gasteiger partial charge in [0.1, 0.15) is 0 Å². The maximum absolute atomic E-state index is 12.3. The zero-order chi connectivity index (χ0) is 24.3. The number of rotatable bonds is 6. The lowest BCUT2D eigenvalue weighted by atomic mass is 9.65. The third-order valence-electron chi connectivity index (χ3n) is 7.03. The van der Waals surface area contributed by atoms with Gasteiger partial charge in [-0.05, 0) is 74.8 Å². The number of hydrogen-bond acceptors (Lipinski definition) is 6. The summed E-state index contributed by atoms with van der Waals surface area (Å²) in [5.41, 5.74) is 5.44.